The Hall–Kier alpha value is -0.990. The lowest BCUT2D eigenvalue weighted by Crippen LogP contribution is -2.70. The average Bonchev–Trinajstić information content (AvgIpc) is 2.80. The third-order valence-corrected chi connectivity index (χ3v) is 13.2. The lowest BCUT2D eigenvalue weighted by atomic mass is 9.33. The van der Waals surface area contributed by atoms with Crippen LogP contribution in [-0.2, 0) is 4.79 Å². The molecule has 0 aromatic rings. The van der Waals surface area contributed by atoms with Crippen molar-refractivity contribution in [3.63, 3.8) is 0 Å². The van der Waals surface area contributed by atoms with E-state index in [1.165, 1.54) is 5.57 Å². The number of hydrogen-bond acceptors (Lipinski definition) is 6. The monoisotopic (exact) mass is 520 g/mol. The minimum Gasteiger partial charge on any atom is -0.481 e. The summed E-state index contributed by atoms with van der Waals surface area (Å²) in [6, 6.07) is 0. The highest BCUT2D eigenvalue weighted by molar-refractivity contribution is 5.77. The molecule has 5 aliphatic rings. The van der Waals surface area contributed by atoms with Crippen LogP contribution in [0.15, 0.2) is 11.6 Å². The number of hydrogen-bond donors (Lipinski definition) is 6. The van der Waals surface area contributed by atoms with E-state index < -0.39 is 45.9 Å². The molecule has 0 aliphatic heterocycles. The van der Waals surface area contributed by atoms with Gasteiger partial charge in [0.05, 0.1) is 31.5 Å². The van der Waals surface area contributed by atoms with Crippen molar-refractivity contribution >= 4 is 5.97 Å². The van der Waals surface area contributed by atoms with Crippen molar-refractivity contribution in [1.29, 1.82) is 0 Å². The van der Waals surface area contributed by atoms with E-state index in [4.69, 9.17) is 0 Å². The molecular formula is C30H48O7. The first-order valence-electron chi connectivity index (χ1n) is 14.3. The number of aliphatic carboxylic acids is 1. The van der Waals surface area contributed by atoms with Crippen molar-refractivity contribution < 1.29 is 35.4 Å². The molecule has 5 rings (SSSR count). The van der Waals surface area contributed by atoms with Crippen molar-refractivity contribution in [2.45, 2.75) is 104 Å². The van der Waals surface area contributed by atoms with Gasteiger partial charge >= 0.3 is 5.97 Å². The Morgan fingerprint density at radius 1 is 0.919 bits per heavy atom. The predicted octanol–water partition coefficient (Wildman–Crippen LogP) is 3.12. The number of carbonyl (C=O) groups is 1. The molecule has 7 nitrogen and oxygen atoms in total. The minimum absolute atomic E-state index is 0.00467. The van der Waals surface area contributed by atoms with Crippen molar-refractivity contribution in [2.75, 3.05) is 13.2 Å². The molecule has 210 valence electrons. The van der Waals surface area contributed by atoms with Crippen LogP contribution in [-0.4, -0.2) is 68.1 Å². The summed E-state index contributed by atoms with van der Waals surface area (Å²) in [5.41, 5.74) is -2.26. The van der Waals surface area contributed by atoms with Crippen molar-refractivity contribution in [2.24, 2.45) is 50.2 Å². The Kier molecular flexibility index (Phi) is 6.16. The van der Waals surface area contributed by atoms with E-state index in [9.17, 15) is 35.4 Å². The van der Waals surface area contributed by atoms with E-state index >= 15 is 0 Å². The summed E-state index contributed by atoms with van der Waals surface area (Å²) in [4.78, 5) is 12.8. The number of allylic oxidation sites excluding steroid dienone is 2. The molecule has 0 unspecified atom stereocenters. The highest BCUT2D eigenvalue weighted by Gasteiger charge is 2.72. The van der Waals surface area contributed by atoms with E-state index in [2.05, 4.69) is 40.7 Å². The summed E-state index contributed by atoms with van der Waals surface area (Å²) in [6.45, 7) is 10.3. The van der Waals surface area contributed by atoms with Gasteiger partial charge in [-0.15, -0.1) is 0 Å². The van der Waals surface area contributed by atoms with Gasteiger partial charge in [-0.2, -0.15) is 0 Å². The fraction of sp³-hybridized carbons (Fsp3) is 0.900. The number of fused-ring (bicyclic) bond motifs is 7. The second kappa shape index (κ2) is 8.26. The van der Waals surface area contributed by atoms with Crippen LogP contribution in [0.3, 0.4) is 0 Å². The largest absolute Gasteiger partial charge is 0.481 e. The molecule has 0 radical (unpaired) electrons. The van der Waals surface area contributed by atoms with Gasteiger partial charge in [0.2, 0.25) is 0 Å². The van der Waals surface area contributed by atoms with Gasteiger partial charge in [-0.3, -0.25) is 4.79 Å². The molecule has 4 saturated carbocycles. The fourth-order valence-corrected chi connectivity index (χ4v) is 10.9. The van der Waals surface area contributed by atoms with Crippen LogP contribution < -0.4 is 0 Å². The molecule has 4 fully saturated rings. The number of aliphatic hydroxyl groups excluding tert-OH is 5. The zero-order chi connectivity index (χ0) is 27.4. The highest BCUT2D eigenvalue weighted by atomic mass is 16.4. The van der Waals surface area contributed by atoms with E-state index in [0.29, 0.717) is 25.7 Å². The molecule has 37 heavy (non-hydrogen) atoms. The second-order valence-corrected chi connectivity index (χ2v) is 15.0. The smallest absolute Gasteiger partial charge is 0.312 e. The maximum Gasteiger partial charge on any atom is 0.312 e. The summed E-state index contributed by atoms with van der Waals surface area (Å²) in [5.74, 6) is -1.18. The lowest BCUT2D eigenvalue weighted by molar-refractivity contribution is -0.260. The van der Waals surface area contributed by atoms with Crippen LogP contribution in [0.1, 0.15) is 86.0 Å². The molecule has 7 heteroatoms. The van der Waals surface area contributed by atoms with Gasteiger partial charge in [-0.05, 0) is 90.8 Å². The van der Waals surface area contributed by atoms with Crippen LogP contribution in [0.4, 0.5) is 0 Å². The van der Waals surface area contributed by atoms with E-state index in [0.717, 1.165) is 25.7 Å². The van der Waals surface area contributed by atoms with Gasteiger partial charge in [-0.25, -0.2) is 0 Å². The van der Waals surface area contributed by atoms with Gasteiger partial charge in [0.25, 0.3) is 0 Å². The highest BCUT2D eigenvalue weighted by Crippen LogP contribution is 2.75. The van der Waals surface area contributed by atoms with Gasteiger partial charge < -0.3 is 30.6 Å². The molecular weight excluding hydrogens is 472 g/mol. The molecule has 10 atom stereocenters. The second-order valence-electron chi connectivity index (χ2n) is 15.0. The first kappa shape index (κ1) is 27.6. The lowest BCUT2D eigenvalue weighted by Gasteiger charge is -2.72. The summed E-state index contributed by atoms with van der Waals surface area (Å²) in [7, 11) is 0. The molecule has 0 spiro atoms. The molecule has 0 saturated heterocycles. The van der Waals surface area contributed by atoms with Crippen LogP contribution in [0.5, 0.6) is 0 Å². The SMILES string of the molecule is CC1(C)CC[C@@]2(C(=O)O)[C@H](O)C[C@]3(C)C(=CC[C@H]4[C@@]5(C)C[C@@H](O)[C@@H](O)C(CO)(CO)[C@H]5CC[C@]43C)[C@H]2C1. The van der Waals surface area contributed by atoms with Gasteiger partial charge in [-0.1, -0.05) is 46.3 Å². The molecule has 0 aromatic heterocycles. The zero-order valence-corrected chi connectivity index (χ0v) is 23.2. The Balaban J connectivity index is 1.64. The zero-order valence-electron chi connectivity index (χ0n) is 23.2. The molecule has 0 bridgehead atoms. The van der Waals surface area contributed by atoms with Crippen molar-refractivity contribution in [1.82, 2.24) is 0 Å². The van der Waals surface area contributed by atoms with Crippen LogP contribution in [0.2, 0.25) is 0 Å². The van der Waals surface area contributed by atoms with E-state index in [1.54, 1.807) is 0 Å². The molecule has 0 aromatic carbocycles. The minimum atomic E-state index is -1.19. The number of aliphatic hydroxyl groups is 5. The molecule has 0 heterocycles. The summed E-state index contributed by atoms with van der Waals surface area (Å²) >= 11 is 0. The summed E-state index contributed by atoms with van der Waals surface area (Å²) in [5, 5.41) is 65.1. The first-order valence-corrected chi connectivity index (χ1v) is 14.3. The topological polar surface area (TPSA) is 138 Å². The Bertz CT molecular complexity index is 986. The Morgan fingerprint density at radius 3 is 2.16 bits per heavy atom. The maximum absolute atomic E-state index is 12.8. The molecule has 6 N–H and O–H groups in total. The number of rotatable bonds is 3. The standard InChI is InChI=1S/C30H48O7/c1-25(2)10-11-30(24(36)37)18(12-25)17-6-7-20-26(3)13-19(33)23(35)29(15-31,16-32)21(26)8-9-27(20,4)28(17,5)14-22(30)34/h6,18-23,31-35H,7-16H2,1-5H3,(H,36,37)/t18-,19-,20+,21+,22-,23-,26-,27-,28-,30+/m1/s1. The van der Waals surface area contributed by atoms with Gasteiger partial charge in [0.15, 0.2) is 0 Å². The maximum atomic E-state index is 12.8. The third kappa shape index (κ3) is 3.21. The van der Waals surface area contributed by atoms with Gasteiger partial charge in [0, 0.05) is 5.41 Å². The summed E-state index contributed by atoms with van der Waals surface area (Å²) < 4.78 is 0. The number of carboxylic acid groups (broad SMARTS) is 1. The fourth-order valence-electron chi connectivity index (χ4n) is 10.9. The third-order valence-electron chi connectivity index (χ3n) is 13.2. The van der Waals surface area contributed by atoms with Crippen LogP contribution >= 0.6 is 0 Å². The average molecular weight is 521 g/mol. The van der Waals surface area contributed by atoms with Crippen LogP contribution in [0, 0.1) is 50.2 Å². The van der Waals surface area contributed by atoms with E-state index in [1.807, 2.05) is 0 Å². The molecule has 0 amide bonds. The predicted molar refractivity (Wildman–Crippen MR) is 138 cm³/mol. The number of carboxylic acids is 1. The molecule has 5 aliphatic carbocycles. The van der Waals surface area contributed by atoms with Gasteiger partial charge in [0.1, 0.15) is 5.41 Å². The Labute approximate surface area is 221 Å². The Morgan fingerprint density at radius 2 is 1.57 bits per heavy atom. The normalized spacial score (nSPS) is 52.1. The first-order chi connectivity index (χ1) is 17.1. The van der Waals surface area contributed by atoms with Crippen molar-refractivity contribution in [3.8, 4) is 0 Å². The quantitative estimate of drug-likeness (QED) is 0.314. The summed E-state index contributed by atoms with van der Waals surface area (Å²) in [6.07, 6.45) is 4.08. The van der Waals surface area contributed by atoms with Crippen molar-refractivity contribution in [3.05, 3.63) is 11.6 Å². The van der Waals surface area contributed by atoms with E-state index in [-0.39, 0.29) is 41.8 Å². The van der Waals surface area contributed by atoms with Crippen LogP contribution in [0.25, 0.3) is 0 Å².